The van der Waals surface area contributed by atoms with Crippen LogP contribution in [0.4, 0.5) is 0 Å². The van der Waals surface area contributed by atoms with E-state index in [1.807, 2.05) is 13.8 Å². The number of carbonyl (C=O) groups is 1. The zero-order valence-corrected chi connectivity index (χ0v) is 7.83. The summed E-state index contributed by atoms with van der Waals surface area (Å²) < 4.78 is 5.08. The average Bonchev–Trinajstić information content (AvgIpc) is 1.96. The first-order chi connectivity index (χ1) is 5.48. The normalized spacial score (nSPS) is 32.3. The lowest BCUT2D eigenvalue weighted by Crippen LogP contribution is -2.52. The van der Waals surface area contributed by atoms with Gasteiger partial charge in [-0.2, -0.15) is 0 Å². The van der Waals surface area contributed by atoms with Crippen LogP contribution >= 0.6 is 0 Å². The largest absolute Gasteiger partial charge is 0.462 e. The number of ether oxygens (including phenoxy) is 1. The molecule has 0 heterocycles. The lowest BCUT2D eigenvalue weighted by molar-refractivity contribution is -0.178. The van der Waals surface area contributed by atoms with Crippen LogP contribution in [0.2, 0.25) is 0 Å². The summed E-state index contributed by atoms with van der Waals surface area (Å²) in [6.45, 7) is 5.64. The second-order valence-electron chi connectivity index (χ2n) is 4.03. The van der Waals surface area contributed by atoms with Gasteiger partial charge < -0.3 is 9.84 Å². The highest BCUT2D eigenvalue weighted by Crippen LogP contribution is 2.47. The van der Waals surface area contributed by atoms with E-state index in [1.165, 1.54) is 6.92 Å². The van der Waals surface area contributed by atoms with Crippen LogP contribution in [-0.4, -0.2) is 23.8 Å². The van der Waals surface area contributed by atoms with Crippen molar-refractivity contribution in [3.8, 4) is 0 Å². The molecule has 0 aromatic heterocycles. The van der Waals surface area contributed by atoms with Crippen LogP contribution in [0.15, 0.2) is 0 Å². The van der Waals surface area contributed by atoms with Crippen LogP contribution in [0.3, 0.4) is 0 Å². The average molecular weight is 172 g/mol. The summed E-state index contributed by atoms with van der Waals surface area (Å²) in [5.74, 6) is 0.0475. The summed E-state index contributed by atoms with van der Waals surface area (Å²) in [6.07, 6.45) is 0.787. The zero-order valence-electron chi connectivity index (χ0n) is 7.83. The van der Waals surface area contributed by atoms with E-state index >= 15 is 0 Å². The zero-order chi connectivity index (χ0) is 9.35. The molecule has 70 valence electrons. The molecule has 0 radical (unpaired) electrons. The van der Waals surface area contributed by atoms with E-state index in [-0.39, 0.29) is 30.0 Å². The Morgan fingerprint density at radius 3 is 2.58 bits per heavy atom. The molecule has 0 aromatic rings. The Bertz CT molecular complexity index is 186. The van der Waals surface area contributed by atoms with Gasteiger partial charge in [0.05, 0.1) is 0 Å². The van der Waals surface area contributed by atoms with Crippen LogP contribution in [0.25, 0.3) is 0 Å². The van der Waals surface area contributed by atoms with Crippen LogP contribution in [0, 0.1) is 11.3 Å². The number of aliphatic hydroxyl groups excluding tert-OH is 1. The fraction of sp³-hybridized carbons (Fsp3) is 0.889. The summed E-state index contributed by atoms with van der Waals surface area (Å²) >= 11 is 0. The fourth-order valence-corrected chi connectivity index (χ4v) is 1.68. The maximum Gasteiger partial charge on any atom is 0.302 e. The van der Waals surface area contributed by atoms with Crippen molar-refractivity contribution in [1.29, 1.82) is 0 Å². The summed E-state index contributed by atoms with van der Waals surface area (Å²) in [6, 6.07) is 0. The van der Waals surface area contributed by atoms with Gasteiger partial charge in [0.2, 0.25) is 0 Å². The van der Waals surface area contributed by atoms with Crippen molar-refractivity contribution >= 4 is 5.97 Å². The van der Waals surface area contributed by atoms with Crippen LogP contribution in [-0.2, 0) is 9.53 Å². The quantitative estimate of drug-likeness (QED) is 0.631. The Kier molecular flexibility index (Phi) is 2.42. The molecule has 0 saturated heterocycles. The molecule has 0 spiro atoms. The van der Waals surface area contributed by atoms with Gasteiger partial charge in [-0.1, -0.05) is 13.8 Å². The monoisotopic (exact) mass is 172 g/mol. The molecule has 3 heteroatoms. The van der Waals surface area contributed by atoms with Crippen molar-refractivity contribution in [2.45, 2.75) is 33.3 Å². The van der Waals surface area contributed by atoms with Gasteiger partial charge in [-0.15, -0.1) is 0 Å². The molecule has 1 rings (SSSR count). The molecule has 2 unspecified atom stereocenters. The molecule has 0 amide bonds. The second-order valence-corrected chi connectivity index (χ2v) is 4.03. The van der Waals surface area contributed by atoms with Gasteiger partial charge in [0.15, 0.2) is 0 Å². The van der Waals surface area contributed by atoms with Gasteiger partial charge in [-0.05, 0) is 12.3 Å². The molecule has 0 aliphatic heterocycles. The third kappa shape index (κ3) is 1.46. The first-order valence-electron chi connectivity index (χ1n) is 4.26. The summed E-state index contributed by atoms with van der Waals surface area (Å²) in [7, 11) is 0. The van der Waals surface area contributed by atoms with Crippen molar-refractivity contribution in [2.24, 2.45) is 11.3 Å². The fourth-order valence-electron chi connectivity index (χ4n) is 1.68. The standard InChI is InChI=1S/C9H16O3/c1-6(11)12-8-4-7(5-10)9(8,2)3/h7-8,10H,4-5H2,1-3H3. The molecule has 3 nitrogen and oxygen atoms in total. The predicted octanol–water partition coefficient (Wildman–Crippen LogP) is 0.956. The lowest BCUT2D eigenvalue weighted by Gasteiger charge is -2.50. The molecular weight excluding hydrogens is 156 g/mol. The van der Waals surface area contributed by atoms with E-state index in [2.05, 4.69) is 0 Å². The molecule has 1 aliphatic carbocycles. The minimum absolute atomic E-state index is 0.00727. The summed E-state index contributed by atoms with van der Waals surface area (Å²) in [5.41, 5.74) is -0.0551. The Balaban J connectivity index is 2.47. The third-order valence-corrected chi connectivity index (χ3v) is 2.91. The van der Waals surface area contributed by atoms with E-state index in [0.717, 1.165) is 6.42 Å². The maximum absolute atomic E-state index is 10.6. The number of hydrogen-bond acceptors (Lipinski definition) is 3. The van der Waals surface area contributed by atoms with Crippen molar-refractivity contribution in [2.75, 3.05) is 6.61 Å². The molecular formula is C9H16O3. The number of carbonyl (C=O) groups excluding carboxylic acids is 1. The Hall–Kier alpha value is -0.570. The van der Waals surface area contributed by atoms with E-state index in [1.54, 1.807) is 0 Å². The number of rotatable bonds is 2. The molecule has 0 aromatic carbocycles. The van der Waals surface area contributed by atoms with Gasteiger partial charge in [0.25, 0.3) is 0 Å². The lowest BCUT2D eigenvalue weighted by atomic mass is 9.60. The summed E-state index contributed by atoms with van der Waals surface area (Å²) in [5, 5.41) is 8.93. The van der Waals surface area contributed by atoms with Crippen molar-refractivity contribution in [3.63, 3.8) is 0 Å². The Morgan fingerprint density at radius 2 is 2.25 bits per heavy atom. The van der Waals surface area contributed by atoms with E-state index in [4.69, 9.17) is 9.84 Å². The molecule has 1 aliphatic rings. The number of aliphatic hydroxyl groups is 1. The minimum Gasteiger partial charge on any atom is -0.462 e. The first-order valence-corrected chi connectivity index (χ1v) is 4.26. The highest BCUT2D eigenvalue weighted by Gasteiger charge is 2.49. The second kappa shape index (κ2) is 3.05. The topological polar surface area (TPSA) is 46.5 Å². The Labute approximate surface area is 72.7 Å². The van der Waals surface area contributed by atoms with Gasteiger partial charge in [-0.25, -0.2) is 0 Å². The molecule has 1 saturated carbocycles. The first kappa shape index (κ1) is 9.52. The summed E-state index contributed by atoms with van der Waals surface area (Å²) in [4.78, 5) is 10.6. The number of esters is 1. The highest BCUT2D eigenvalue weighted by molar-refractivity contribution is 5.66. The van der Waals surface area contributed by atoms with Crippen molar-refractivity contribution in [3.05, 3.63) is 0 Å². The van der Waals surface area contributed by atoms with Crippen LogP contribution < -0.4 is 0 Å². The number of hydrogen-bond donors (Lipinski definition) is 1. The van der Waals surface area contributed by atoms with Gasteiger partial charge in [0.1, 0.15) is 6.10 Å². The molecule has 1 N–H and O–H groups in total. The van der Waals surface area contributed by atoms with Crippen LogP contribution in [0.5, 0.6) is 0 Å². The predicted molar refractivity (Wildman–Crippen MR) is 44.5 cm³/mol. The maximum atomic E-state index is 10.6. The van der Waals surface area contributed by atoms with E-state index in [0.29, 0.717) is 0 Å². The third-order valence-electron chi connectivity index (χ3n) is 2.91. The molecule has 2 atom stereocenters. The minimum atomic E-state index is -0.232. The van der Waals surface area contributed by atoms with E-state index in [9.17, 15) is 4.79 Å². The SMILES string of the molecule is CC(=O)OC1CC(CO)C1(C)C. The van der Waals surface area contributed by atoms with Crippen molar-refractivity contribution in [1.82, 2.24) is 0 Å². The smallest absolute Gasteiger partial charge is 0.302 e. The molecule has 0 bridgehead atoms. The molecule has 12 heavy (non-hydrogen) atoms. The van der Waals surface area contributed by atoms with Gasteiger partial charge in [-0.3, -0.25) is 4.79 Å². The highest BCUT2D eigenvalue weighted by atomic mass is 16.5. The van der Waals surface area contributed by atoms with E-state index < -0.39 is 0 Å². The van der Waals surface area contributed by atoms with Crippen molar-refractivity contribution < 1.29 is 14.6 Å². The Morgan fingerprint density at radius 1 is 1.67 bits per heavy atom. The van der Waals surface area contributed by atoms with Gasteiger partial charge >= 0.3 is 5.97 Å². The van der Waals surface area contributed by atoms with Crippen LogP contribution in [0.1, 0.15) is 27.2 Å². The van der Waals surface area contributed by atoms with Gasteiger partial charge in [0, 0.05) is 18.9 Å². The molecule has 1 fully saturated rings.